The third-order valence-electron chi connectivity index (χ3n) is 3.62. The van der Waals surface area contributed by atoms with Crippen LogP contribution in [0.15, 0.2) is 53.1 Å². The molecule has 0 radical (unpaired) electrons. The molecule has 0 bridgehead atoms. The number of amides is 3. The Hall–Kier alpha value is -3.09. The number of nitrogens with one attached hydrogen (secondary N) is 3. The molecule has 0 saturated carbocycles. The molecular formula is C19H23N3O4. The highest BCUT2D eigenvalue weighted by Gasteiger charge is 2.08. The molecule has 0 fully saturated rings. The quantitative estimate of drug-likeness (QED) is 0.562. The van der Waals surface area contributed by atoms with E-state index in [9.17, 15) is 14.4 Å². The Labute approximate surface area is 152 Å². The lowest BCUT2D eigenvalue weighted by atomic mass is 10.2. The van der Waals surface area contributed by atoms with Crippen LogP contribution in [-0.4, -0.2) is 30.8 Å². The minimum Gasteiger partial charge on any atom is -0.459 e. The highest BCUT2D eigenvalue weighted by Crippen LogP contribution is 1.99. The lowest BCUT2D eigenvalue weighted by molar-refractivity contribution is -0.122. The van der Waals surface area contributed by atoms with E-state index in [4.69, 9.17) is 4.42 Å². The largest absolute Gasteiger partial charge is 0.459 e. The summed E-state index contributed by atoms with van der Waals surface area (Å²) in [5, 5.41) is 8.17. The van der Waals surface area contributed by atoms with Crippen molar-refractivity contribution in [1.29, 1.82) is 0 Å². The molecule has 0 aliphatic heterocycles. The molecule has 1 heterocycles. The van der Waals surface area contributed by atoms with Gasteiger partial charge in [0.15, 0.2) is 5.76 Å². The van der Waals surface area contributed by atoms with Crippen molar-refractivity contribution in [2.45, 2.75) is 25.8 Å². The van der Waals surface area contributed by atoms with Crippen LogP contribution < -0.4 is 16.0 Å². The molecule has 0 saturated heterocycles. The second kappa shape index (κ2) is 10.7. The van der Waals surface area contributed by atoms with Crippen LogP contribution in [0.3, 0.4) is 0 Å². The minimum absolute atomic E-state index is 0.111. The average Bonchev–Trinajstić information content (AvgIpc) is 3.19. The fourth-order valence-electron chi connectivity index (χ4n) is 2.23. The first-order valence-corrected chi connectivity index (χ1v) is 8.54. The molecule has 0 unspecified atom stereocenters. The van der Waals surface area contributed by atoms with Crippen LogP contribution in [0, 0.1) is 0 Å². The van der Waals surface area contributed by atoms with E-state index in [1.807, 2.05) is 30.3 Å². The Morgan fingerprint density at radius 2 is 1.58 bits per heavy atom. The predicted molar refractivity (Wildman–Crippen MR) is 96.2 cm³/mol. The first-order valence-electron chi connectivity index (χ1n) is 8.54. The lowest BCUT2D eigenvalue weighted by Gasteiger charge is -2.07. The van der Waals surface area contributed by atoms with Gasteiger partial charge in [-0.15, -0.1) is 0 Å². The number of rotatable bonds is 10. The van der Waals surface area contributed by atoms with E-state index in [0.717, 1.165) is 5.56 Å². The molecule has 7 nitrogen and oxygen atoms in total. The van der Waals surface area contributed by atoms with Crippen LogP contribution in [0.25, 0.3) is 0 Å². The average molecular weight is 357 g/mol. The summed E-state index contributed by atoms with van der Waals surface area (Å²) in [6.07, 6.45) is 2.45. The monoisotopic (exact) mass is 357 g/mol. The van der Waals surface area contributed by atoms with Gasteiger partial charge >= 0.3 is 0 Å². The van der Waals surface area contributed by atoms with Gasteiger partial charge in [-0.3, -0.25) is 14.4 Å². The summed E-state index contributed by atoms with van der Waals surface area (Å²) in [6, 6.07) is 12.8. The van der Waals surface area contributed by atoms with Gasteiger partial charge in [0.25, 0.3) is 5.91 Å². The second-order valence-corrected chi connectivity index (χ2v) is 5.70. The van der Waals surface area contributed by atoms with E-state index < -0.39 is 0 Å². The van der Waals surface area contributed by atoms with Crippen molar-refractivity contribution < 1.29 is 18.8 Å². The van der Waals surface area contributed by atoms with Crippen molar-refractivity contribution in [3.63, 3.8) is 0 Å². The van der Waals surface area contributed by atoms with Crippen molar-refractivity contribution in [3.05, 3.63) is 60.1 Å². The molecule has 3 N–H and O–H groups in total. The van der Waals surface area contributed by atoms with Gasteiger partial charge in [-0.2, -0.15) is 0 Å². The van der Waals surface area contributed by atoms with E-state index in [2.05, 4.69) is 16.0 Å². The highest BCUT2D eigenvalue weighted by molar-refractivity contribution is 5.91. The number of carbonyl (C=O) groups excluding carboxylic acids is 3. The predicted octanol–water partition coefficient (Wildman–Crippen LogP) is 1.61. The van der Waals surface area contributed by atoms with Gasteiger partial charge in [-0.05, 0) is 24.1 Å². The first kappa shape index (κ1) is 19.2. The van der Waals surface area contributed by atoms with E-state index in [0.29, 0.717) is 19.5 Å². The van der Waals surface area contributed by atoms with Gasteiger partial charge in [-0.1, -0.05) is 30.3 Å². The summed E-state index contributed by atoms with van der Waals surface area (Å²) < 4.78 is 4.97. The number of furan rings is 1. The summed E-state index contributed by atoms with van der Waals surface area (Å²) in [4.78, 5) is 35.0. The van der Waals surface area contributed by atoms with Gasteiger partial charge in [-0.25, -0.2) is 0 Å². The number of carbonyl (C=O) groups is 3. The summed E-state index contributed by atoms with van der Waals surface area (Å²) in [7, 11) is 0. The van der Waals surface area contributed by atoms with Crippen LogP contribution in [0.1, 0.15) is 35.4 Å². The Balaban J connectivity index is 1.49. The topological polar surface area (TPSA) is 100 Å². The smallest absolute Gasteiger partial charge is 0.286 e. The maximum Gasteiger partial charge on any atom is 0.286 e. The number of benzene rings is 1. The molecule has 3 amide bonds. The van der Waals surface area contributed by atoms with Crippen LogP contribution >= 0.6 is 0 Å². The summed E-state index contributed by atoms with van der Waals surface area (Å²) in [5.74, 6) is -0.311. The Bertz CT molecular complexity index is 699. The Morgan fingerprint density at radius 3 is 2.31 bits per heavy atom. The Morgan fingerprint density at radius 1 is 0.808 bits per heavy atom. The summed E-state index contributed by atoms with van der Waals surface area (Å²) >= 11 is 0. The molecule has 0 aliphatic carbocycles. The van der Waals surface area contributed by atoms with Crippen LogP contribution in [0.4, 0.5) is 0 Å². The van der Waals surface area contributed by atoms with E-state index >= 15 is 0 Å². The van der Waals surface area contributed by atoms with E-state index in [-0.39, 0.29) is 42.9 Å². The van der Waals surface area contributed by atoms with Crippen LogP contribution in [-0.2, 0) is 16.1 Å². The molecule has 0 spiro atoms. The van der Waals surface area contributed by atoms with Crippen molar-refractivity contribution in [3.8, 4) is 0 Å². The maximum atomic E-state index is 11.7. The van der Waals surface area contributed by atoms with Crippen molar-refractivity contribution in [2.24, 2.45) is 0 Å². The molecule has 0 aliphatic rings. The second-order valence-electron chi connectivity index (χ2n) is 5.70. The fraction of sp³-hybridized carbons (Fsp3) is 0.316. The molecule has 26 heavy (non-hydrogen) atoms. The minimum atomic E-state index is -0.300. The van der Waals surface area contributed by atoms with Crippen LogP contribution in [0.2, 0.25) is 0 Å². The normalized spacial score (nSPS) is 10.2. The standard InChI is InChI=1S/C19H23N3O4/c23-17(9-4-11-21-19(25)16-8-5-13-26-16)20-12-10-18(24)22-14-15-6-2-1-3-7-15/h1-3,5-8,13H,4,9-12,14H2,(H,20,23)(H,21,25)(H,22,24). The molecule has 138 valence electrons. The number of hydrogen-bond acceptors (Lipinski definition) is 4. The number of hydrogen-bond donors (Lipinski definition) is 3. The van der Waals surface area contributed by atoms with Gasteiger partial charge in [0.1, 0.15) is 0 Å². The third-order valence-corrected chi connectivity index (χ3v) is 3.62. The zero-order chi connectivity index (χ0) is 18.6. The van der Waals surface area contributed by atoms with Gasteiger partial charge in [0, 0.05) is 32.5 Å². The van der Waals surface area contributed by atoms with Crippen molar-refractivity contribution in [1.82, 2.24) is 16.0 Å². The Kier molecular flexibility index (Phi) is 7.92. The van der Waals surface area contributed by atoms with Gasteiger partial charge in [0.2, 0.25) is 11.8 Å². The molecule has 7 heteroatoms. The van der Waals surface area contributed by atoms with Gasteiger partial charge in [0.05, 0.1) is 6.26 Å². The molecule has 1 aromatic heterocycles. The van der Waals surface area contributed by atoms with Crippen molar-refractivity contribution >= 4 is 17.7 Å². The summed E-state index contributed by atoms with van der Waals surface area (Å²) in [6.45, 7) is 1.14. The zero-order valence-electron chi connectivity index (χ0n) is 14.5. The molecular weight excluding hydrogens is 334 g/mol. The maximum absolute atomic E-state index is 11.7. The van der Waals surface area contributed by atoms with Crippen LogP contribution in [0.5, 0.6) is 0 Å². The third kappa shape index (κ3) is 7.21. The SMILES string of the molecule is O=C(CCCNC(=O)c1ccco1)NCCC(=O)NCc1ccccc1. The summed E-state index contributed by atoms with van der Waals surface area (Å²) in [5.41, 5.74) is 1.03. The lowest BCUT2D eigenvalue weighted by Crippen LogP contribution is -2.31. The highest BCUT2D eigenvalue weighted by atomic mass is 16.3. The van der Waals surface area contributed by atoms with Crippen molar-refractivity contribution in [2.75, 3.05) is 13.1 Å². The molecule has 2 rings (SSSR count). The van der Waals surface area contributed by atoms with E-state index in [1.54, 1.807) is 12.1 Å². The molecule has 1 aromatic carbocycles. The molecule has 2 aromatic rings. The van der Waals surface area contributed by atoms with E-state index in [1.165, 1.54) is 6.26 Å². The molecule has 0 atom stereocenters. The first-order chi connectivity index (χ1) is 12.6. The zero-order valence-corrected chi connectivity index (χ0v) is 14.5. The van der Waals surface area contributed by atoms with Gasteiger partial charge < -0.3 is 20.4 Å². The fourth-order valence-corrected chi connectivity index (χ4v) is 2.23.